The summed E-state index contributed by atoms with van der Waals surface area (Å²) in [6.07, 6.45) is 0.692. The topological polar surface area (TPSA) is 23.6 Å². The summed E-state index contributed by atoms with van der Waals surface area (Å²) in [5.74, 6) is -0.349. The van der Waals surface area contributed by atoms with Crippen LogP contribution in [-0.2, 0) is 0 Å². The summed E-state index contributed by atoms with van der Waals surface area (Å²) in [4.78, 5) is 15.3. The highest BCUT2D eigenvalue weighted by Gasteiger charge is 2.26. The minimum Gasteiger partial charge on any atom is -0.369 e. The van der Waals surface area contributed by atoms with Gasteiger partial charge in [-0.1, -0.05) is 0 Å². The molecule has 3 nitrogen and oxygen atoms in total. The van der Waals surface area contributed by atoms with Gasteiger partial charge in [0, 0.05) is 43.0 Å². The molecule has 0 atom stereocenters. The van der Waals surface area contributed by atoms with Crippen molar-refractivity contribution in [1.82, 2.24) is 4.90 Å². The quantitative estimate of drug-likeness (QED) is 0.767. The molecule has 0 spiro atoms. The van der Waals surface area contributed by atoms with E-state index in [0.717, 1.165) is 31.9 Å². The normalized spacial score (nSPS) is 17.6. The highest BCUT2D eigenvalue weighted by Crippen LogP contribution is 2.22. The molecule has 0 aliphatic carbocycles. The van der Waals surface area contributed by atoms with Crippen LogP contribution in [0.2, 0.25) is 0 Å². The van der Waals surface area contributed by atoms with E-state index < -0.39 is 0 Å². The third-order valence-corrected chi connectivity index (χ3v) is 3.63. The molecule has 0 aromatic heterocycles. The van der Waals surface area contributed by atoms with Gasteiger partial charge in [-0.25, -0.2) is 4.39 Å². The highest BCUT2D eigenvalue weighted by atomic mass is 19.1. The second-order valence-electron chi connectivity index (χ2n) is 6.01. The summed E-state index contributed by atoms with van der Waals surface area (Å²) < 4.78 is 13.4. The number of benzene rings is 1. The average molecular weight is 264 g/mol. The van der Waals surface area contributed by atoms with Crippen molar-refractivity contribution in [3.05, 3.63) is 29.6 Å². The SMILES string of the molecule is CC(C)(C)N1CCN(c2cc(F)cc(C=O)c2)CC1. The number of anilines is 1. The number of hydrogen-bond acceptors (Lipinski definition) is 3. The van der Waals surface area contributed by atoms with Crippen LogP contribution >= 0.6 is 0 Å². The molecule has 2 rings (SSSR count). The molecule has 19 heavy (non-hydrogen) atoms. The molecule has 1 heterocycles. The largest absolute Gasteiger partial charge is 0.369 e. The zero-order valence-corrected chi connectivity index (χ0v) is 11.8. The Morgan fingerprint density at radius 2 is 1.74 bits per heavy atom. The second-order valence-corrected chi connectivity index (χ2v) is 6.01. The molecule has 1 aliphatic heterocycles. The molecule has 1 saturated heterocycles. The first-order chi connectivity index (χ1) is 8.90. The van der Waals surface area contributed by atoms with Gasteiger partial charge in [-0.3, -0.25) is 9.69 Å². The Morgan fingerprint density at radius 3 is 2.26 bits per heavy atom. The van der Waals surface area contributed by atoms with Crippen LogP contribution in [-0.4, -0.2) is 42.9 Å². The van der Waals surface area contributed by atoms with Crippen LogP contribution < -0.4 is 4.90 Å². The Bertz CT molecular complexity index is 460. The summed E-state index contributed by atoms with van der Waals surface area (Å²) >= 11 is 0. The van der Waals surface area contributed by atoms with Crippen LogP contribution in [0.1, 0.15) is 31.1 Å². The number of piperazine rings is 1. The molecule has 0 radical (unpaired) electrons. The molecule has 1 aliphatic rings. The van der Waals surface area contributed by atoms with Crippen molar-refractivity contribution in [2.24, 2.45) is 0 Å². The van der Waals surface area contributed by atoms with Crippen molar-refractivity contribution in [3.63, 3.8) is 0 Å². The van der Waals surface area contributed by atoms with Gasteiger partial charge < -0.3 is 4.90 Å². The van der Waals surface area contributed by atoms with Gasteiger partial charge in [0.1, 0.15) is 12.1 Å². The van der Waals surface area contributed by atoms with Crippen LogP contribution in [0.3, 0.4) is 0 Å². The summed E-state index contributed by atoms with van der Waals surface area (Å²) in [6, 6.07) is 4.52. The van der Waals surface area contributed by atoms with E-state index in [1.54, 1.807) is 6.07 Å². The van der Waals surface area contributed by atoms with Gasteiger partial charge in [-0.05, 0) is 39.0 Å². The van der Waals surface area contributed by atoms with Gasteiger partial charge >= 0.3 is 0 Å². The number of carbonyl (C=O) groups excluding carboxylic acids is 1. The lowest BCUT2D eigenvalue weighted by Gasteiger charge is -2.43. The maximum atomic E-state index is 13.4. The molecule has 0 bridgehead atoms. The predicted molar refractivity (Wildman–Crippen MR) is 75.3 cm³/mol. The lowest BCUT2D eigenvalue weighted by Crippen LogP contribution is -2.53. The molecular weight excluding hydrogens is 243 g/mol. The number of halogens is 1. The maximum absolute atomic E-state index is 13.4. The van der Waals surface area contributed by atoms with Gasteiger partial charge in [0.2, 0.25) is 0 Å². The molecule has 104 valence electrons. The van der Waals surface area contributed by atoms with Crippen molar-refractivity contribution in [1.29, 1.82) is 0 Å². The van der Waals surface area contributed by atoms with Crippen LogP contribution in [0.15, 0.2) is 18.2 Å². The van der Waals surface area contributed by atoms with E-state index in [4.69, 9.17) is 0 Å². The fourth-order valence-corrected chi connectivity index (χ4v) is 2.48. The Balaban J connectivity index is 2.09. The Morgan fingerprint density at radius 1 is 1.11 bits per heavy atom. The number of hydrogen-bond donors (Lipinski definition) is 0. The van der Waals surface area contributed by atoms with Crippen molar-refractivity contribution in [2.75, 3.05) is 31.1 Å². The Kier molecular flexibility index (Phi) is 3.90. The van der Waals surface area contributed by atoms with Crippen molar-refractivity contribution < 1.29 is 9.18 Å². The van der Waals surface area contributed by atoms with Crippen LogP contribution in [0.4, 0.5) is 10.1 Å². The summed E-state index contributed by atoms with van der Waals surface area (Å²) in [6.45, 7) is 10.2. The van der Waals surface area contributed by atoms with E-state index in [9.17, 15) is 9.18 Å². The van der Waals surface area contributed by atoms with E-state index in [1.807, 2.05) is 0 Å². The van der Waals surface area contributed by atoms with Crippen molar-refractivity contribution in [3.8, 4) is 0 Å². The van der Waals surface area contributed by atoms with Crippen molar-refractivity contribution in [2.45, 2.75) is 26.3 Å². The van der Waals surface area contributed by atoms with E-state index in [2.05, 4.69) is 30.6 Å². The lowest BCUT2D eigenvalue weighted by molar-refractivity contribution is 0.112. The van der Waals surface area contributed by atoms with Gasteiger partial charge in [0.15, 0.2) is 0 Å². The first kappa shape index (κ1) is 14.0. The zero-order chi connectivity index (χ0) is 14.0. The van der Waals surface area contributed by atoms with Crippen LogP contribution in [0, 0.1) is 5.82 Å². The number of carbonyl (C=O) groups is 1. The van der Waals surface area contributed by atoms with Crippen molar-refractivity contribution >= 4 is 12.0 Å². The fraction of sp³-hybridized carbons (Fsp3) is 0.533. The Labute approximate surface area is 114 Å². The molecule has 1 fully saturated rings. The Hall–Kier alpha value is -1.42. The molecular formula is C15H21FN2O. The number of aldehydes is 1. The minimum absolute atomic E-state index is 0.169. The van der Waals surface area contributed by atoms with E-state index in [1.165, 1.54) is 12.1 Å². The lowest BCUT2D eigenvalue weighted by atomic mass is 10.0. The standard InChI is InChI=1S/C15H21FN2O/c1-15(2,3)18-6-4-17(5-7-18)14-9-12(11-19)8-13(16)10-14/h8-11H,4-7H2,1-3H3. The average Bonchev–Trinajstić information content (AvgIpc) is 2.37. The predicted octanol–water partition coefficient (Wildman–Crippen LogP) is 2.56. The van der Waals surface area contributed by atoms with Gasteiger partial charge in [0.05, 0.1) is 0 Å². The third-order valence-electron chi connectivity index (χ3n) is 3.63. The monoisotopic (exact) mass is 264 g/mol. The van der Waals surface area contributed by atoms with E-state index in [0.29, 0.717) is 11.8 Å². The van der Waals surface area contributed by atoms with Gasteiger partial charge in [0.25, 0.3) is 0 Å². The molecule has 0 saturated carbocycles. The van der Waals surface area contributed by atoms with Crippen LogP contribution in [0.5, 0.6) is 0 Å². The zero-order valence-electron chi connectivity index (χ0n) is 11.8. The van der Waals surface area contributed by atoms with Gasteiger partial charge in [-0.15, -0.1) is 0 Å². The first-order valence-corrected chi connectivity index (χ1v) is 6.66. The second kappa shape index (κ2) is 5.29. The smallest absolute Gasteiger partial charge is 0.150 e. The number of nitrogens with zero attached hydrogens (tertiary/aromatic N) is 2. The first-order valence-electron chi connectivity index (χ1n) is 6.66. The summed E-state index contributed by atoms with van der Waals surface area (Å²) in [5, 5.41) is 0. The van der Waals surface area contributed by atoms with Gasteiger partial charge in [-0.2, -0.15) is 0 Å². The summed E-state index contributed by atoms with van der Waals surface area (Å²) in [7, 11) is 0. The molecule has 0 N–H and O–H groups in total. The highest BCUT2D eigenvalue weighted by molar-refractivity contribution is 5.77. The fourth-order valence-electron chi connectivity index (χ4n) is 2.48. The molecule has 4 heteroatoms. The van der Waals surface area contributed by atoms with Crippen LogP contribution in [0.25, 0.3) is 0 Å². The number of rotatable bonds is 2. The molecule has 1 aromatic rings. The molecule has 0 unspecified atom stereocenters. The molecule has 1 aromatic carbocycles. The third kappa shape index (κ3) is 3.32. The van der Waals surface area contributed by atoms with E-state index >= 15 is 0 Å². The van der Waals surface area contributed by atoms with E-state index in [-0.39, 0.29) is 11.4 Å². The molecule has 0 amide bonds. The summed E-state index contributed by atoms with van der Waals surface area (Å²) in [5.41, 5.74) is 1.37. The minimum atomic E-state index is -0.349. The maximum Gasteiger partial charge on any atom is 0.150 e.